The second-order valence-corrected chi connectivity index (χ2v) is 6.30. The van der Waals surface area contributed by atoms with Crippen molar-refractivity contribution in [2.45, 2.75) is 19.5 Å². The summed E-state index contributed by atoms with van der Waals surface area (Å²) in [6.07, 6.45) is 1.47. The average Bonchev–Trinajstić information content (AvgIpc) is 3.08. The molecule has 0 bridgehead atoms. The number of piperazine rings is 1. The third-order valence-corrected chi connectivity index (χ3v) is 4.91. The predicted molar refractivity (Wildman–Crippen MR) is 99.1 cm³/mol. The highest BCUT2D eigenvalue weighted by Crippen LogP contribution is 2.22. The van der Waals surface area contributed by atoms with E-state index in [1.807, 2.05) is 24.0 Å². The summed E-state index contributed by atoms with van der Waals surface area (Å²) in [5.41, 5.74) is 4.11. The van der Waals surface area contributed by atoms with Crippen molar-refractivity contribution >= 4 is 17.8 Å². The zero-order valence-electron chi connectivity index (χ0n) is 15.0. The number of hydrazone groups is 1. The summed E-state index contributed by atoms with van der Waals surface area (Å²) in [5.74, 6) is 1.88. The number of hydrogen-bond donors (Lipinski definition) is 1. The van der Waals surface area contributed by atoms with Gasteiger partial charge < -0.3 is 14.5 Å². The highest BCUT2D eigenvalue weighted by molar-refractivity contribution is 5.86. The molecule has 0 amide bonds. The maximum absolute atomic E-state index is 11.0. The molecule has 7 nitrogen and oxygen atoms in total. The van der Waals surface area contributed by atoms with E-state index in [-0.39, 0.29) is 6.17 Å². The summed E-state index contributed by atoms with van der Waals surface area (Å²) in [4.78, 5) is 17.9. The van der Waals surface area contributed by atoms with Gasteiger partial charge in [0.1, 0.15) is 11.6 Å². The maximum Gasteiger partial charge on any atom is 0.172 e. The Balaban J connectivity index is 1.47. The molecule has 2 aliphatic rings. The van der Waals surface area contributed by atoms with E-state index in [2.05, 4.69) is 32.5 Å². The third-order valence-electron chi connectivity index (χ3n) is 4.91. The van der Waals surface area contributed by atoms with Crippen molar-refractivity contribution in [2.75, 3.05) is 51.3 Å². The molecule has 2 heterocycles. The quantitative estimate of drug-likeness (QED) is 0.743. The van der Waals surface area contributed by atoms with Gasteiger partial charge in [-0.25, -0.2) is 0 Å². The topological polar surface area (TPSA) is 60.4 Å². The number of methoxy groups -OCH3 is 1. The molecule has 0 saturated carbocycles. The molecule has 1 aromatic carbocycles. The minimum atomic E-state index is -0.301. The maximum atomic E-state index is 11.0. The summed E-state index contributed by atoms with van der Waals surface area (Å²) in [7, 11) is 1.70. The molecule has 136 valence electrons. The van der Waals surface area contributed by atoms with Crippen LogP contribution < -0.4 is 15.1 Å². The Morgan fingerprint density at radius 3 is 2.80 bits per heavy atom. The van der Waals surface area contributed by atoms with E-state index in [1.165, 1.54) is 5.69 Å². The van der Waals surface area contributed by atoms with Crippen LogP contribution in [0.25, 0.3) is 0 Å². The fourth-order valence-electron chi connectivity index (χ4n) is 3.41. The van der Waals surface area contributed by atoms with Crippen LogP contribution >= 0.6 is 0 Å². The van der Waals surface area contributed by atoms with Gasteiger partial charge in [0.25, 0.3) is 0 Å². The van der Waals surface area contributed by atoms with Crippen LogP contribution in [-0.2, 0) is 4.79 Å². The van der Waals surface area contributed by atoms with Crippen molar-refractivity contribution < 1.29 is 9.53 Å². The van der Waals surface area contributed by atoms with Gasteiger partial charge in [-0.05, 0) is 19.1 Å². The Morgan fingerprint density at radius 1 is 1.32 bits per heavy atom. The van der Waals surface area contributed by atoms with Gasteiger partial charge in [-0.3, -0.25) is 15.1 Å². The number of hydrogen-bond acceptors (Lipinski definition) is 7. The number of carbonyl (C=O) groups excluding carboxylic acids is 1. The molecule has 1 atom stereocenters. The number of benzene rings is 1. The number of amidine groups is 1. The molecule has 1 unspecified atom stereocenters. The van der Waals surface area contributed by atoms with Crippen molar-refractivity contribution in [1.82, 2.24) is 15.2 Å². The van der Waals surface area contributed by atoms with E-state index in [9.17, 15) is 4.79 Å². The number of anilines is 1. The Labute approximate surface area is 149 Å². The van der Waals surface area contributed by atoms with Gasteiger partial charge in [0.05, 0.1) is 7.11 Å². The number of nitrogens with zero attached hydrogens (tertiary/aromatic N) is 4. The van der Waals surface area contributed by atoms with Crippen LogP contribution in [0, 0.1) is 0 Å². The summed E-state index contributed by atoms with van der Waals surface area (Å²) in [5, 5.41) is 4.32. The molecule has 1 N–H and O–H groups in total. The van der Waals surface area contributed by atoms with Crippen molar-refractivity contribution in [1.29, 1.82) is 0 Å². The summed E-state index contributed by atoms with van der Waals surface area (Å²) < 4.78 is 5.32. The first-order valence-corrected chi connectivity index (χ1v) is 8.90. The van der Waals surface area contributed by atoms with Gasteiger partial charge in [-0.1, -0.05) is 6.07 Å². The van der Waals surface area contributed by atoms with Crippen LogP contribution in [0.5, 0.6) is 5.75 Å². The molecule has 0 aromatic heterocycles. The van der Waals surface area contributed by atoms with E-state index in [0.717, 1.165) is 63.6 Å². The zero-order valence-corrected chi connectivity index (χ0v) is 15.0. The minimum Gasteiger partial charge on any atom is -0.497 e. The average molecular weight is 345 g/mol. The van der Waals surface area contributed by atoms with Gasteiger partial charge in [-0.15, -0.1) is 0 Å². The van der Waals surface area contributed by atoms with Gasteiger partial charge in [0.2, 0.25) is 0 Å². The number of nitrogens with one attached hydrogen (secondary N) is 1. The fraction of sp³-hybridized carbons (Fsp3) is 0.556. The largest absolute Gasteiger partial charge is 0.497 e. The highest BCUT2D eigenvalue weighted by Gasteiger charge is 2.26. The fourth-order valence-corrected chi connectivity index (χ4v) is 3.41. The van der Waals surface area contributed by atoms with E-state index in [1.54, 1.807) is 7.11 Å². The number of carbonyl (C=O) groups is 1. The second-order valence-electron chi connectivity index (χ2n) is 6.30. The smallest absolute Gasteiger partial charge is 0.172 e. The van der Waals surface area contributed by atoms with Gasteiger partial charge in [-0.2, -0.15) is 5.10 Å². The number of rotatable bonds is 7. The minimum absolute atomic E-state index is 0.301. The van der Waals surface area contributed by atoms with E-state index >= 15 is 0 Å². The molecule has 25 heavy (non-hydrogen) atoms. The van der Waals surface area contributed by atoms with Crippen LogP contribution in [0.1, 0.15) is 13.3 Å². The first kappa shape index (κ1) is 17.5. The van der Waals surface area contributed by atoms with Crippen LogP contribution in [-0.4, -0.2) is 74.5 Å². The summed E-state index contributed by atoms with van der Waals surface area (Å²) in [6.45, 7) is 7.88. The Hall–Kier alpha value is -2.28. The molecule has 0 spiro atoms. The van der Waals surface area contributed by atoms with Crippen LogP contribution in [0.3, 0.4) is 0 Å². The lowest BCUT2D eigenvalue weighted by molar-refractivity contribution is -0.111. The van der Waals surface area contributed by atoms with Gasteiger partial charge in [0, 0.05) is 57.4 Å². The van der Waals surface area contributed by atoms with Crippen LogP contribution in [0.4, 0.5) is 5.69 Å². The van der Waals surface area contributed by atoms with E-state index in [4.69, 9.17) is 4.74 Å². The van der Waals surface area contributed by atoms with Crippen molar-refractivity contribution in [3.8, 4) is 5.75 Å². The number of aldehydes is 1. The lowest BCUT2D eigenvalue weighted by atomic mass is 10.2. The molecule has 1 fully saturated rings. The third kappa shape index (κ3) is 4.04. The van der Waals surface area contributed by atoms with Crippen LogP contribution in [0.15, 0.2) is 29.4 Å². The predicted octanol–water partition coefficient (Wildman–Crippen LogP) is 0.971. The molecular formula is C18H27N5O2. The Morgan fingerprint density at radius 2 is 2.12 bits per heavy atom. The number of likely N-dealkylation sites (N-methyl/N-ethyl adjacent to an activating group) is 1. The standard InChI is InChI=1S/C18H27N5O2/c1-3-23-17(19-20-18(23)14-24)7-8-21-9-11-22(12-10-21)15-5-4-6-16(13-15)25-2/h4-6,13-14,18,20H,3,7-12H2,1-2H3. The lowest BCUT2D eigenvalue weighted by Crippen LogP contribution is -2.47. The van der Waals surface area contributed by atoms with E-state index < -0.39 is 0 Å². The van der Waals surface area contributed by atoms with Crippen molar-refractivity contribution in [2.24, 2.45) is 5.10 Å². The molecular weight excluding hydrogens is 318 g/mol. The van der Waals surface area contributed by atoms with Gasteiger partial charge in [0.15, 0.2) is 12.5 Å². The highest BCUT2D eigenvalue weighted by atomic mass is 16.5. The first-order chi connectivity index (χ1) is 12.2. The molecule has 7 heteroatoms. The monoisotopic (exact) mass is 345 g/mol. The first-order valence-electron chi connectivity index (χ1n) is 8.90. The van der Waals surface area contributed by atoms with Crippen LogP contribution in [0.2, 0.25) is 0 Å². The van der Waals surface area contributed by atoms with E-state index in [0.29, 0.717) is 0 Å². The molecule has 0 aliphatic carbocycles. The molecule has 1 aromatic rings. The van der Waals surface area contributed by atoms with Crippen molar-refractivity contribution in [3.63, 3.8) is 0 Å². The summed E-state index contributed by atoms with van der Waals surface area (Å²) >= 11 is 0. The van der Waals surface area contributed by atoms with Crippen molar-refractivity contribution in [3.05, 3.63) is 24.3 Å². The molecule has 3 rings (SSSR count). The summed E-state index contributed by atoms with van der Waals surface area (Å²) in [6, 6.07) is 8.24. The molecule has 2 aliphatic heterocycles. The molecule has 0 radical (unpaired) electrons. The normalized spacial score (nSPS) is 21.0. The Bertz CT molecular complexity index is 613. The number of ether oxygens (including phenoxy) is 1. The lowest BCUT2D eigenvalue weighted by Gasteiger charge is -2.36. The molecule has 1 saturated heterocycles. The van der Waals surface area contributed by atoms with Gasteiger partial charge >= 0.3 is 0 Å². The zero-order chi connectivity index (χ0) is 17.6. The SMILES string of the molecule is CCN1C(CCN2CCN(c3cccc(OC)c3)CC2)=NNC1C=O. The Kier molecular flexibility index (Phi) is 5.75. The second kappa shape index (κ2) is 8.20.